The van der Waals surface area contributed by atoms with Crippen LogP contribution in [0.25, 0.3) is 0 Å². The number of aryl methyl sites for hydroxylation is 1. The second-order valence-electron chi connectivity index (χ2n) is 4.97. The van der Waals surface area contributed by atoms with Crippen LogP contribution in [0.2, 0.25) is 5.02 Å². The molecule has 0 atom stereocenters. The highest BCUT2D eigenvalue weighted by atomic mass is 35.5. The summed E-state index contributed by atoms with van der Waals surface area (Å²) in [5, 5.41) is 13.1. The number of benzene rings is 1. The smallest absolute Gasteiger partial charge is 0.120 e. The first-order chi connectivity index (χ1) is 10.3. The summed E-state index contributed by atoms with van der Waals surface area (Å²) in [6.45, 7) is 0.381. The Bertz CT molecular complexity index is 686. The first-order valence-electron chi connectivity index (χ1n) is 6.83. The number of pyridine rings is 1. The number of nitrogens with zero attached hydrogens (tertiary/aromatic N) is 2. The van der Waals surface area contributed by atoms with Gasteiger partial charge in [-0.25, -0.2) is 0 Å². The Morgan fingerprint density at radius 3 is 3.00 bits per heavy atom. The van der Waals surface area contributed by atoms with E-state index in [-0.39, 0.29) is 0 Å². The van der Waals surface area contributed by atoms with Gasteiger partial charge >= 0.3 is 0 Å². The third kappa shape index (κ3) is 3.00. The number of hydrogen-bond donors (Lipinski definition) is 1. The zero-order valence-corrected chi connectivity index (χ0v) is 12.2. The second kappa shape index (κ2) is 6.14. The maximum absolute atomic E-state index is 9.10. The molecular weight excluding hydrogens is 288 g/mol. The van der Waals surface area contributed by atoms with E-state index in [4.69, 9.17) is 21.5 Å². The number of fused-ring (bicyclic) bond motifs is 1. The maximum atomic E-state index is 9.10. The van der Waals surface area contributed by atoms with E-state index in [1.165, 1.54) is 5.56 Å². The van der Waals surface area contributed by atoms with E-state index < -0.39 is 0 Å². The zero-order valence-electron chi connectivity index (χ0n) is 11.4. The molecule has 4 nitrogen and oxygen atoms in total. The van der Waals surface area contributed by atoms with Gasteiger partial charge in [0.05, 0.1) is 10.7 Å². The Kier molecular flexibility index (Phi) is 4.06. The predicted molar refractivity (Wildman–Crippen MR) is 81.3 cm³/mol. The van der Waals surface area contributed by atoms with Crippen LogP contribution in [0, 0.1) is 0 Å². The van der Waals surface area contributed by atoms with E-state index in [0.29, 0.717) is 11.6 Å². The molecule has 0 unspecified atom stereocenters. The molecule has 1 aromatic heterocycles. The normalized spacial score (nSPS) is 15.8. The summed E-state index contributed by atoms with van der Waals surface area (Å²) in [7, 11) is 0. The lowest BCUT2D eigenvalue weighted by atomic mass is 9.90. The van der Waals surface area contributed by atoms with Crippen LogP contribution in [0.5, 0.6) is 5.75 Å². The fraction of sp³-hybridized carbons (Fsp3) is 0.250. The highest BCUT2D eigenvalue weighted by Crippen LogP contribution is 2.27. The first kappa shape index (κ1) is 13.9. The fourth-order valence-corrected chi connectivity index (χ4v) is 2.67. The van der Waals surface area contributed by atoms with Crippen LogP contribution in [0.4, 0.5) is 0 Å². The first-order valence-corrected chi connectivity index (χ1v) is 7.21. The van der Waals surface area contributed by atoms with Crippen molar-refractivity contribution in [1.29, 1.82) is 0 Å². The van der Waals surface area contributed by atoms with Crippen LogP contribution in [-0.4, -0.2) is 15.9 Å². The van der Waals surface area contributed by atoms with Crippen molar-refractivity contribution in [1.82, 2.24) is 4.98 Å². The van der Waals surface area contributed by atoms with Crippen molar-refractivity contribution in [2.45, 2.75) is 25.9 Å². The molecule has 1 heterocycles. The van der Waals surface area contributed by atoms with Crippen LogP contribution in [0.3, 0.4) is 0 Å². The van der Waals surface area contributed by atoms with E-state index in [0.717, 1.165) is 41.9 Å². The van der Waals surface area contributed by atoms with Gasteiger partial charge < -0.3 is 9.94 Å². The van der Waals surface area contributed by atoms with Gasteiger partial charge in [-0.1, -0.05) is 22.8 Å². The minimum atomic E-state index is 0.381. The number of oxime groups is 1. The van der Waals surface area contributed by atoms with E-state index >= 15 is 0 Å². The number of rotatable bonds is 3. The van der Waals surface area contributed by atoms with Crippen molar-refractivity contribution in [3.8, 4) is 5.75 Å². The van der Waals surface area contributed by atoms with Gasteiger partial charge in [-0.05, 0) is 43.0 Å². The van der Waals surface area contributed by atoms with Crippen molar-refractivity contribution in [2.24, 2.45) is 5.16 Å². The largest absolute Gasteiger partial charge is 0.489 e. The lowest BCUT2D eigenvalue weighted by molar-refractivity contribution is 0.305. The molecule has 0 aliphatic heterocycles. The molecule has 108 valence electrons. The third-order valence-corrected chi connectivity index (χ3v) is 3.96. The molecule has 21 heavy (non-hydrogen) atoms. The topological polar surface area (TPSA) is 54.7 Å². The lowest BCUT2D eigenvalue weighted by Crippen LogP contribution is -2.12. The fourth-order valence-electron chi connectivity index (χ4n) is 2.50. The monoisotopic (exact) mass is 302 g/mol. The summed E-state index contributed by atoms with van der Waals surface area (Å²) in [5.41, 5.74) is 3.79. The van der Waals surface area contributed by atoms with E-state index in [9.17, 15) is 0 Å². The molecule has 1 aliphatic rings. The summed E-state index contributed by atoms with van der Waals surface area (Å²) in [4.78, 5) is 3.95. The van der Waals surface area contributed by atoms with Gasteiger partial charge in [-0.2, -0.15) is 0 Å². The second-order valence-corrected chi connectivity index (χ2v) is 5.38. The molecule has 0 saturated heterocycles. The van der Waals surface area contributed by atoms with Gasteiger partial charge in [0.25, 0.3) is 0 Å². The van der Waals surface area contributed by atoms with Crippen LogP contribution in [0.15, 0.2) is 41.8 Å². The number of aromatic nitrogens is 1. The highest BCUT2D eigenvalue weighted by Gasteiger charge is 2.16. The van der Waals surface area contributed by atoms with Gasteiger partial charge in [0.1, 0.15) is 12.4 Å². The minimum absolute atomic E-state index is 0.381. The van der Waals surface area contributed by atoms with Crippen LogP contribution < -0.4 is 4.74 Å². The Morgan fingerprint density at radius 2 is 2.19 bits per heavy atom. The highest BCUT2D eigenvalue weighted by molar-refractivity contribution is 6.31. The molecule has 0 amide bonds. The summed E-state index contributed by atoms with van der Waals surface area (Å²) in [6.07, 6.45) is 6.10. The molecular formula is C16H15ClN2O2. The van der Waals surface area contributed by atoms with E-state index in [2.05, 4.69) is 10.1 Å². The van der Waals surface area contributed by atoms with E-state index in [1.807, 2.05) is 24.3 Å². The minimum Gasteiger partial charge on any atom is -0.489 e. The third-order valence-electron chi connectivity index (χ3n) is 3.62. The standard InChI is InChI=1S/C16H15ClN2O2/c17-15-9-18-7-6-12(15)10-21-13-5-4-11-2-1-3-16(19-20)14(11)8-13/h4-9,20H,1-3,10H2/b19-16-. The zero-order chi connectivity index (χ0) is 14.7. The molecule has 0 fully saturated rings. The molecule has 1 N–H and O–H groups in total. The van der Waals surface area contributed by atoms with Gasteiger partial charge in [0.2, 0.25) is 0 Å². The molecule has 0 radical (unpaired) electrons. The average Bonchev–Trinajstić information content (AvgIpc) is 2.53. The quantitative estimate of drug-likeness (QED) is 0.692. The lowest BCUT2D eigenvalue weighted by Gasteiger charge is -2.18. The molecule has 2 aromatic rings. The Hall–Kier alpha value is -2.07. The van der Waals surface area contributed by atoms with Crippen molar-refractivity contribution in [2.75, 3.05) is 0 Å². The van der Waals surface area contributed by atoms with Gasteiger partial charge in [-0.3, -0.25) is 4.98 Å². The number of halogens is 1. The summed E-state index contributed by atoms with van der Waals surface area (Å²) < 4.78 is 5.78. The summed E-state index contributed by atoms with van der Waals surface area (Å²) in [6, 6.07) is 7.73. The van der Waals surface area contributed by atoms with Crippen LogP contribution in [0.1, 0.15) is 29.5 Å². The Morgan fingerprint density at radius 1 is 1.29 bits per heavy atom. The Labute approximate surface area is 128 Å². The van der Waals surface area contributed by atoms with E-state index in [1.54, 1.807) is 12.4 Å². The number of hydrogen-bond acceptors (Lipinski definition) is 4. The van der Waals surface area contributed by atoms with Crippen molar-refractivity contribution in [3.63, 3.8) is 0 Å². The van der Waals surface area contributed by atoms with Crippen molar-refractivity contribution >= 4 is 17.3 Å². The Balaban J connectivity index is 1.80. The molecule has 0 bridgehead atoms. The van der Waals surface area contributed by atoms with Crippen LogP contribution in [-0.2, 0) is 13.0 Å². The molecule has 5 heteroatoms. The van der Waals surface area contributed by atoms with Crippen molar-refractivity contribution < 1.29 is 9.94 Å². The maximum Gasteiger partial charge on any atom is 0.120 e. The van der Waals surface area contributed by atoms with Gasteiger partial charge in [0, 0.05) is 23.5 Å². The average molecular weight is 303 g/mol. The van der Waals surface area contributed by atoms with Gasteiger partial charge in [-0.15, -0.1) is 0 Å². The summed E-state index contributed by atoms with van der Waals surface area (Å²) in [5.74, 6) is 0.740. The SMILES string of the molecule is O/N=C1/CCCc2ccc(OCc3ccncc3Cl)cc21. The summed E-state index contributed by atoms with van der Waals surface area (Å²) >= 11 is 6.06. The van der Waals surface area contributed by atoms with Crippen molar-refractivity contribution in [3.05, 3.63) is 58.4 Å². The molecule has 0 spiro atoms. The molecule has 3 rings (SSSR count). The van der Waals surface area contributed by atoms with Gasteiger partial charge in [0.15, 0.2) is 0 Å². The predicted octanol–water partition coefficient (Wildman–Crippen LogP) is 3.83. The molecule has 1 aliphatic carbocycles. The number of ether oxygens (including phenoxy) is 1. The molecule has 1 aromatic carbocycles. The van der Waals surface area contributed by atoms with Crippen LogP contribution >= 0.6 is 11.6 Å². The molecule has 0 saturated carbocycles.